The molecule has 1 saturated heterocycles. The van der Waals surface area contributed by atoms with Gasteiger partial charge in [-0.25, -0.2) is 9.67 Å². The average Bonchev–Trinajstić information content (AvgIpc) is 3.45. The van der Waals surface area contributed by atoms with Crippen LogP contribution in [0, 0.1) is 23.2 Å². The van der Waals surface area contributed by atoms with E-state index in [9.17, 15) is 5.26 Å². The van der Waals surface area contributed by atoms with Crippen molar-refractivity contribution in [1.82, 2.24) is 20.0 Å². The number of aromatic nitrogens is 4. The fourth-order valence-electron chi connectivity index (χ4n) is 5.13. The summed E-state index contributed by atoms with van der Waals surface area (Å²) in [6.45, 7) is 1.90. The first-order valence-corrected chi connectivity index (χ1v) is 10.8. The van der Waals surface area contributed by atoms with E-state index in [1.165, 1.54) is 5.56 Å². The highest BCUT2D eigenvalue weighted by molar-refractivity contribution is 5.46. The van der Waals surface area contributed by atoms with Crippen LogP contribution in [0.1, 0.15) is 35.7 Å². The number of methoxy groups -OCH3 is 1. The van der Waals surface area contributed by atoms with E-state index in [-0.39, 0.29) is 12.1 Å². The maximum absolute atomic E-state index is 9.21. The van der Waals surface area contributed by atoms with Crippen molar-refractivity contribution in [1.29, 1.82) is 5.26 Å². The Morgan fingerprint density at radius 1 is 1.13 bits per heavy atom. The molecule has 3 aromatic rings. The molecule has 7 nitrogen and oxygen atoms in total. The second-order valence-corrected chi connectivity index (χ2v) is 8.60. The zero-order valence-electron chi connectivity index (χ0n) is 17.6. The summed E-state index contributed by atoms with van der Waals surface area (Å²) in [6.07, 6.45) is 6.70. The maximum atomic E-state index is 9.21. The van der Waals surface area contributed by atoms with Gasteiger partial charge in [0.15, 0.2) is 0 Å². The van der Waals surface area contributed by atoms with Crippen molar-refractivity contribution in [3.63, 3.8) is 0 Å². The zero-order chi connectivity index (χ0) is 21.2. The molecule has 1 saturated carbocycles. The van der Waals surface area contributed by atoms with Gasteiger partial charge in [-0.1, -0.05) is 35.5 Å². The molecule has 5 rings (SSSR count). The zero-order valence-corrected chi connectivity index (χ0v) is 17.6. The fourth-order valence-corrected chi connectivity index (χ4v) is 5.13. The van der Waals surface area contributed by atoms with Crippen LogP contribution in [0.5, 0.6) is 0 Å². The predicted octanol–water partition coefficient (Wildman–Crippen LogP) is 3.24. The van der Waals surface area contributed by atoms with Gasteiger partial charge in [0.2, 0.25) is 0 Å². The van der Waals surface area contributed by atoms with E-state index in [0.717, 1.165) is 43.9 Å². The minimum atomic E-state index is 0.117. The third-order valence-electron chi connectivity index (χ3n) is 6.71. The minimum Gasteiger partial charge on any atom is -0.379 e. The summed E-state index contributed by atoms with van der Waals surface area (Å²) in [6, 6.07) is 16.4. The van der Waals surface area contributed by atoms with Gasteiger partial charge in [0.05, 0.1) is 29.5 Å². The Kier molecular flexibility index (Phi) is 5.39. The second kappa shape index (κ2) is 8.48. The molecule has 158 valence electrons. The summed E-state index contributed by atoms with van der Waals surface area (Å²) in [5.41, 5.74) is 2.87. The molecule has 1 aliphatic carbocycles. The van der Waals surface area contributed by atoms with Crippen LogP contribution in [0.25, 0.3) is 0 Å². The molecular formula is C24H26N6O. The number of hydrogen-bond donors (Lipinski definition) is 0. The Morgan fingerprint density at radius 2 is 1.94 bits per heavy atom. The molecule has 7 heteroatoms. The molecule has 0 N–H and O–H groups in total. The van der Waals surface area contributed by atoms with E-state index in [4.69, 9.17) is 4.74 Å². The highest BCUT2D eigenvalue weighted by atomic mass is 16.5. The molecular weight excluding hydrogens is 388 g/mol. The second-order valence-electron chi connectivity index (χ2n) is 8.60. The molecule has 0 unspecified atom stereocenters. The largest absolute Gasteiger partial charge is 0.379 e. The van der Waals surface area contributed by atoms with E-state index in [0.29, 0.717) is 17.4 Å². The van der Waals surface area contributed by atoms with Crippen LogP contribution >= 0.6 is 0 Å². The molecule has 31 heavy (non-hydrogen) atoms. The molecule has 2 aromatic heterocycles. The van der Waals surface area contributed by atoms with Gasteiger partial charge in [-0.2, -0.15) is 5.26 Å². The van der Waals surface area contributed by atoms with E-state index in [1.807, 2.05) is 16.8 Å². The lowest BCUT2D eigenvalue weighted by Gasteiger charge is -2.36. The van der Waals surface area contributed by atoms with Gasteiger partial charge in [-0.15, -0.1) is 5.10 Å². The topological polar surface area (TPSA) is 79.9 Å². The summed E-state index contributed by atoms with van der Waals surface area (Å²) in [4.78, 5) is 6.82. The molecule has 1 aromatic carbocycles. The molecule has 0 amide bonds. The highest BCUT2D eigenvalue weighted by Gasteiger charge is 2.43. The molecule has 0 bridgehead atoms. The molecule has 3 heterocycles. The predicted molar refractivity (Wildman–Crippen MR) is 116 cm³/mol. The van der Waals surface area contributed by atoms with Crippen molar-refractivity contribution >= 4 is 5.82 Å². The first-order chi connectivity index (χ1) is 15.2. The third kappa shape index (κ3) is 4.04. The first kappa shape index (κ1) is 19.7. The smallest absolute Gasteiger partial charge is 0.129 e. The first-order valence-electron chi connectivity index (χ1n) is 10.8. The SMILES string of the molecule is CO[C@@H]1C[C@H]2CN(c3cc(C#N)ccn3)C[C@H]2C[C@H]1n1cc(Cc2ccccc2)nn1. The van der Waals surface area contributed by atoms with Gasteiger partial charge >= 0.3 is 0 Å². The van der Waals surface area contributed by atoms with Gasteiger partial charge in [0.1, 0.15) is 5.82 Å². The van der Waals surface area contributed by atoms with E-state index >= 15 is 0 Å². The summed E-state index contributed by atoms with van der Waals surface area (Å²) in [5, 5.41) is 18.1. The van der Waals surface area contributed by atoms with Crippen LogP contribution in [0.15, 0.2) is 54.9 Å². The monoisotopic (exact) mass is 414 g/mol. The number of rotatable bonds is 5. The summed E-state index contributed by atoms with van der Waals surface area (Å²) in [7, 11) is 1.80. The van der Waals surface area contributed by atoms with Crippen LogP contribution in [0.3, 0.4) is 0 Å². The quantitative estimate of drug-likeness (QED) is 0.638. The third-order valence-corrected chi connectivity index (χ3v) is 6.71. The van der Waals surface area contributed by atoms with Crippen molar-refractivity contribution in [3.8, 4) is 6.07 Å². The summed E-state index contributed by atoms with van der Waals surface area (Å²) in [5.74, 6) is 2.00. The lowest BCUT2D eigenvalue weighted by atomic mass is 9.77. The van der Waals surface area contributed by atoms with Crippen molar-refractivity contribution in [2.45, 2.75) is 31.4 Å². The lowest BCUT2D eigenvalue weighted by molar-refractivity contribution is -0.00542. The van der Waals surface area contributed by atoms with Gasteiger partial charge in [-0.3, -0.25) is 0 Å². The minimum absolute atomic E-state index is 0.117. The van der Waals surface area contributed by atoms with Crippen LogP contribution in [-0.2, 0) is 11.2 Å². The average molecular weight is 415 g/mol. The number of anilines is 1. The number of hydrogen-bond acceptors (Lipinski definition) is 6. The number of pyridine rings is 1. The van der Waals surface area contributed by atoms with Crippen LogP contribution in [-0.4, -0.2) is 46.3 Å². The van der Waals surface area contributed by atoms with Crippen molar-refractivity contribution in [3.05, 3.63) is 71.7 Å². The number of fused-ring (bicyclic) bond motifs is 1. The summed E-state index contributed by atoms with van der Waals surface area (Å²) < 4.78 is 7.92. The number of nitrogens with zero attached hydrogens (tertiary/aromatic N) is 6. The number of ether oxygens (including phenoxy) is 1. The van der Waals surface area contributed by atoms with Gasteiger partial charge in [0.25, 0.3) is 0 Å². The van der Waals surface area contributed by atoms with Gasteiger partial charge < -0.3 is 9.64 Å². The number of benzene rings is 1. The lowest BCUT2D eigenvalue weighted by Crippen LogP contribution is -2.37. The van der Waals surface area contributed by atoms with Crippen molar-refractivity contribution < 1.29 is 4.74 Å². The van der Waals surface area contributed by atoms with Gasteiger partial charge in [0, 0.05) is 39.0 Å². The molecule has 1 aliphatic heterocycles. The van der Waals surface area contributed by atoms with E-state index in [1.54, 1.807) is 19.4 Å². The standard InChI is InChI=1S/C24H26N6O/c1-31-23-12-20-15-29(24-10-18(13-25)7-8-26-24)14-19(20)11-22(23)30-16-21(27-28-30)9-17-5-3-2-4-6-17/h2-8,10,16,19-20,22-23H,9,11-12,14-15H2,1H3/t19-,20+,22-,23-/m1/s1. The Hall–Kier alpha value is -3.24. The molecule has 2 aliphatic rings. The normalized spacial score (nSPS) is 25.2. The molecule has 0 radical (unpaired) electrons. The van der Waals surface area contributed by atoms with Crippen LogP contribution in [0.2, 0.25) is 0 Å². The Bertz CT molecular complexity index is 1070. The van der Waals surface area contributed by atoms with Crippen LogP contribution in [0.4, 0.5) is 5.82 Å². The Balaban J connectivity index is 1.31. The van der Waals surface area contributed by atoms with E-state index in [2.05, 4.69) is 56.7 Å². The Labute approximate surface area is 182 Å². The molecule has 2 fully saturated rings. The fraction of sp³-hybridized carbons (Fsp3) is 0.417. The van der Waals surface area contributed by atoms with Crippen molar-refractivity contribution in [2.24, 2.45) is 11.8 Å². The van der Waals surface area contributed by atoms with Crippen molar-refractivity contribution in [2.75, 3.05) is 25.1 Å². The molecule has 0 spiro atoms. The number of nitriles is 1. The highest BCUT2D eigenvalue weighted by Crippen LogP contribution is 2.43. The van der Waals surface area contributed by atoms with E-state index < -0.39 is 0 Å². The Morgan fingerprint density at radius 3 is 2.71 bits per heavy atom. The van der Waals surface area contributed by atoms with Crippen LogP contribution < -0.4 is 4.90 Å². The van der Waals surface area contributed by atoms with Gasteiger partial charge in [-0.05, 0) is 42.4 Å². The maximum Gasteiger partial charge on any atom is 0.129 e. The summed E-state index contributed by atoms with van der Waals surface area (Å²) >= 11 is 0. The molecule has 4 atom stereocenters.